The van der Waals surface area contributed by atoms with Gasteiger partial charge in [0.1, 0.15) is 0 Å². The summed E-state index contributed by atoms with van der Waals surface area (Å²) < 4.78 is 0. The first-order chi connectivity index (χ1) is 7.27. The first-order valence-corrected chi connectivity index (χ1v) is 4.94. The zero-order valence-electron chi connectivity index (χ0n) is 8.60. The summed E-state index contributed by atoms with van der Waals surface area (Å²) >= 11 is 0. The summed E-state index contributed by atoms with van der Waals surface area (Å²) in [6, 6.07) is 17.8. The minimum Gasteiger partial charge on any atom is -0.295 e. The second-order valence-electron chi connectivity index (χ2n) is 3.50. The minimum absolute atomic E-state index is 0.104. The highest BCUT2D eigenvalue weighted by atomic mass is 16.1. The van der Waals surface area contributed by atoms with E-state index >= 15 is 0 Å². The van der Waals surface area contributed by atoms with Gasteiger partial charge in [-0.1, -0.05) is 48.5 Å². The van der Waals surface area contributed by atoms with E-state index < -0.39 is 0 Å². The molecule has 15 heavy (non-hydrogen) atoms. The topological polar surface area (TPSA) is 17.1 Å². The summed E-state index contributed by atoms with van der Waals surface area (Å²) in [5, 5.41) is 0. The van der Waals surface area contributed by atoms with E-state index in [1.54, 1.807) is 6.92 Å². The summed E-state index contributed by atoms with van der Waals surface area (Å²) in [4.78, 5) is 11.2. The molecule has 2 aromatic rings. The van der Waals surface area contributed by atoms with Gasteiger partial charge in [0.15, 0.2) is 5.78 Å². The number of hydrogen-bond acceptors (Lipinski definition) is 1. The Morgan fingerprint density at radius 1 is 0.867 bits per heavy atom. The minimum atomic E-state index is 0.104. The number of ketones is 1. The normalized spacial score (nSPS) is 9.93. The van der Waals surface area contributed by atoms with Gasteiger partial charge >= 0.3 is 0 Å². The molecular weight excluding hydrogens is 184 g/mol. The fraction of sp³-hybridized carbons (Fsp3) is 0.0714. The number of rotatable bonds is 2. The van der Waals surface area contributed by atoms with Crippen LogP contribution >= 0.6 is 0 Å². The fourth-order valence-corrected chi connectivity index (χ4v) is 1.55. The molecule has 1 nitrogen and oxygen atoms in total. The molecule has 0 bridgehead atoms. The Kier molecular flexibility index (Phi) is 2.64. The maximum atomic E-state index is 11.2. The van der Waals surface area contributed by atoms with Crippen molar-refractivity contribution in [2.24, 2.45) is 0 Å². The first-order valence-electron chi connectivity index (χ1n) is 4.94. The van der Waals surface area contributed by atoms with Crippen molar-refractivity contribution < 1.29 is 4.79 Å². The van der Waals surface area contributed by atoms with Crippen LogP contribution in [-0.4, -0.2) is 5.78 Å². The van der Waals surface area contributed by atoms with Crippen LogP contribution in [0.25, 0.3) is 11.1 Å². The van der Waals surface area contributed by atoms with E-state index in [4.69, 9.17) is 0 Å². The molecule has 0 unspecified atom stereocenters. The Labute approximate surface area is 89.4 Å². The van der Waals surface area contributed by atoms with Crippen LogP contribution in [0.5, 0.6) is 0 Å². The molecule has 0 saturated heterocycles. The van der Waals surface area contributed by atoms with E-state index in [0.717, 1.165) is 16.7 Å². The molecule has 0 radical (unpaired) electrons. The highest BCUT2D eigenvalue weighted by Gasteiger charge is 2.01. The molecule has 0 saturated carbocycles. The Morgan fingerprint density at radius 2 is 1.53 bits per heavy atom. The van der Waals surface area contributed by atoms with Crippen molar-refractivity contribution >= 4 is 5.78 Å². The largest absolute Gasteiger partial charge is 0.295 e. The number of carbonyl (C=O) groups is 1. The molecule has 0 N–H and O–H groups in total. The van der Waals surface area contributed by atoms with Gasteiger partial charge in [0.05, 0.1) is 0 Å². The highest BCUT2D eigenvalue weighted by molar-refractivity contribution is 5.95. The zero-order valence-corrected chi connectivity index (χ0v) is 8.60. The summed E-state index contributed by atoms with van der Waals surface area (Å²) in [6.45, 7) is 1.59. The summed E-state index contributed by atoms with van der Waals surface area (Å²) in [7, 11) is 0. The third-order valence-electron chi connectivity index (χ3n) is 2.38. The second kappa shape index (κ2) is 4.09. The van der Waals surface area contributed by atoms with Gasteiger partial charge in [-0.25, -0.2) is 0 Å². The fourth-order valence-electron chi connectivity index (χ4n) is 1.55. The Balaban J connectivity index is 2.46. The van der Waals surface area contributed by atoms with Gasteiger partial charge in [-0.05, 0) is 24.1 Å². The van der Waals surface area contributed by atoms with Crippen LogP contribution < -0.4 is 0 Å². The van der Waals surface area contributed by atoms with E-state index in [9.17, 15) is 4.79 Å². The Morgan fingerprint density at radius 3 is 2.20 bits per heavy atom. The molecule has 0 aliphatic heterocycles. The number of hydrogen-bond donors (Lipinski definition) is 0. The van der Waals surface area contributed by atoms with Gasteiger partial charge in [-0.15, -0.1) is 0 Å². The standard InChI is InChI=1S/C14H12O/c1-11(15)13-8-5-9-14(10-13)12-6-3-2-4-7-12/h2-10H,1H3. The van der Waals surface area contributed by atoms with E-state index in [2.05, 4.69) is 0 Å². The lowest BCUT2D eigenvalue weighted by Gasteiger charge is -2.02. The predicted molar refractivity (Wildman–Crippen MR) is 61.9 cm³/mol. The van der Waals surface area contributed by atoms with Crippen LogP contribution in [0.15, 0.2) is 54.6 Å². The molecule has 74 valence electrons. The third kappa shape index (κ3) is 2.13. The van der Waals surface area contributed by atoms with Crippen LogP contribution in [-0.2, 0) is 0 Å². The molecule has 0 fully saturated rings. The SMILES string of the molecule is CC(=O)c1cccc(-c2ccccc2)c1. The van der Waals surface area contributed by atoms with Crippen molar-refractivity contribution in [2.45, 2.75) is 6.92 Å². The lowest BCUT2D eigenvalue weighted by molar-refractivity contribution is 0.101. The number of benzene rings is 2. The van der Waals surface area contributed by atoms with E-state index in [1.807, 2.05) is 54.6 Å². The Hall–Kier alpha value is -1.89. The monoisotopic (exact) mass is 196 g/mol. The third-order valence-corrected chi connectivity index (χ3v) is 2.38. The Bertz CT molecular complexity index is 472. The maximum absolute atomic E-state index is 11.2. The van der Waals surface area contributed by atoms with Crippen molar-refractivity contribution in [2.75, 3.05) is 0 Å². The average molecular weight is 196 g/mol. The molecule has 0 aliphatic carbocycles. The first kappa shape index (κ1) is 9.66. The van der Waals surface area contributed by atoms with Crippen LogP contribution in [0.4, 0.5) is 0 Å². The average Bonchev–Trinajstić information content (AvgIpc) is 2.30. The van der Waals surface area contributed by atoms with Crippen molar-refractivity contribution in [3.05, 3.63) is 60.2 Å². The lowest BCUT2D eigenvalue weighted by Crippen LogP contribution is -1.91. The van der Waals surface area contributed by atoms with Crippen molar-refractivity contribution in [1.82, 2.24) is 0 Å². The summed E-state index contributed by atoms with van der Waals surface area (Å²) in [6.07, 6.45) is 0. The zero-order chi connectivity index (χ0) is 10.7. The molecule has 0 aromatic heterocycles. The molecule has 0 amide bonds. The maximum Gasteiger partial charge on any atom is 0.159 e. The molecule has 2 aromatic carbocycles. The number of Topliss-reactive ketones (excluding diaryl/α,β-unsaturated/α-hetero) is 1. The highest BCUT2D eigenvalue weighted by Crippen LogP contribution is 2.19. The van der Waals surface area contributed by atoms with Gasteiger partial charge in [0.2, 0.25) is 0 Å². The molecule has 2 rings (SSSR count). The van der Waals surface area contributed by atoms with Gasteiger partial charge in [0.25, 0.3) is 0 Å². The smallest absolute Gasteiger partial charge is 0.159 e. The molecule has 0 spiro atoms. The van der Waals surface area contributed by atoms with E-state index in [1.165, 1.54) is 0 Å². The quantitative estimate of drug-likeness (QED) is 0.671. The lowest BCUT2D eigenvalue weighted by atomic mass is 10.0. The molecule has 0 aliphatic rings. The van der Waals surface area contributed by atoms with Crippen molar-refractivity contribution in [3.63, 3.8) is 0 Å². The van der Waals surface area contributed by atoms with Gasteiger partial charge in [-0.2, -0.15) is 0 Å². The second-order valence-corrected chi connectivity index (χ2v) is 3.50. The molecule has 0 heterocycles. The molecule has 0 atom stereocenters. The molecular formula is C14H12O. The van der Waals surface area contributed by atoms with Crippen molar-refractivity contribution in [1.29, 1.82) is 0 Å². The van der Waals surface area contributed by atoms with E-state index in [0.29, 0.717) is 0 Å². The predicted octanol–water partition coefficient (Wildman–Crippen LogP) is 3.56. The van der Waals surface area contributed by atoms with Crippen LogP contribution in [0.1, 0.15) is 17.3 Å². The van der Waals surface area contributed by atoms with Gasteiger partial charge in [-0.3, -0.25) is 4.79 Å². The summed E-state index contributed by atoms with van der Waals surface area (Å²) in [5.41, 5.74) is 2.99. The van der Waals surface area contributed by atoms with Crippen LogP contribution in [0, 0.1) is 0 Å². The van der Waals surface area contributed by atoms with Gasteiger partial charge < -0.3 is 0 Å². The van der Waals surface area contributed by atoms with Crippen molar-refractivity contribution in [3.8, 4) is 11.1 Å². The summed E-state index contributed by atoms with van der Waals surface area (Å²) in [5.74, 6) is 0.104. The van der Waals surface area contributed by atoms with Crippen LogP contribution in [0.3, 0.4) is 0 Å². The molecule has 1 heteroatoms. The van der Waals surface area contributed by atoms with Crippen LogP contribution in [0.2, 0.25) is 0 Å². The number of carbonyl (C=O) groups excluding carboxylic acids is 1. The van der Waals surface area contributed by atoms with Gasteiger partial charge in [0, 0.05) is 5.56 Å². The van der Waals surface area contributed by atoms with E-state index in [-0.39, 0.29) is 5.78 Å².